The molecule has 0 bridgehead atoms. The predicted octanol–water partition coefficient (Wildman–Crippen LogP) is 6.01. The molecule has 1 aliphatic rings. The average Bonchev–Trinajstić information content (AvgIpc) is 3.16. The van der Waals surface area contributed by atoms with Gasteiger partial charge in [-0.2, -0.15) is 0 Å². The first-order valence-electron chi connectivity index (χ1n) is 11.6. The first-order chi connectivity index (χ1) is 16.1. The highest BCUT2D eigenvalue weighted by atomic mass is 35.5. The third-order valence-corrected chi connectivity index (χ3v) is 8.02. The van der Waals surface area contributed by atoms with Crippen molar-refractivity contribution in [1.82, 2.24) is 4.90 Å². The lowest BCUT2D eigenvalue weighted by Crippen LogP contribution is -2.29. The van der Waals surface area contributed by atoms with Crippen LogP contribution in [0, 0.1) is 5.41 Å². The van der Waals surface area contributed by atoms with Crippen molar-refractivity contribution in [3.8, 4) is 0 Å². The zero-order chi connectivity index (χ0) is 24.5. The van der Waals surface area contributed by atoms with Crippen LogP contribution < -0.4 is 5.73 Å². The summed E-state index contributed by atoms with van der Waals surface area (Å²) in [6, 6.07) is 18.0. The van der Waals surface area contributed by atoms with E-state index in [1.54, 1.807) is 12.1 Å². The molecule has 178 valence electrons. The molecule has 1 atom stereocenters. The van der Waals surface area contributed by atoms with Gasteiger partial charge >= 0.3 is 0 Å². The molecule has 0 radical (unpaired) electrons. The number of nitrogens with zero attached hydrogens (tertiary/aromatic N) is 1. The Balaban J connectivity index is 1.56. The summed E-state index contributed by atoms with van der Waals surface area (Å²) in [7, 11) is 2.15. The fourth-order valence-electron chi connectivity index (χ4n) is 4.61. The van der Waals surface area contributed by atoms with Crippen LogP contribution in [0.4, 0.5) is 5.69 Å². The summed E-state index contributed by atoms with van der Waals surface area (Å²) in [6.45, 7) is 5.63. The number of benzene rings is 2. The van der Waals surface area contributed by atoms with Crippen molar-refractivity contribution in [1.29, 1.82) is 0 Å². The molecule has 0 spiro atoms. The highest BCUT2D eigenvalue weighted by Gasteiger charge is 2.31. The lowest BCUT2D eigenvalue weighted by molar-refractivity contribution is -0.126. The number of nitrogens with two attached hydrogens (primary N) is 1. The molecule has 2 heterocycles. The molecule has 4 rings (SSSR count). The minimum Gasteiger partial charge on any atom is -0.399 e. The van der Waals surface area contributed by atoms with Gasteiger partial charge in [0.2, 0.25) is 0 Å². The minimum absolute atomic E-state index is 0.0383. The number of likely N-dealkylation sites (N-methyl/N-ethyl adjacent to an activating group) is 1. The van der Waals surface area contributed by atoms with Gasteiger partial charge in [-0.15, -0.1) is 11.3 Å². The van der Waals surface area contributed by atoms with Gasteiger partial charge < -0.3 is 10.6 Å². The first-order valence-corrected chi connectivity index (χ1v) is 12.8. The number of hydrogen-bond donors (Lipinski definition) is 1. The zero-order valence-electron chi connectivity index (χ0n) is 19.9. The Morgan fingerprint density at radius 2 is 1.85 bits per heavy atom. The molecule has 1 unspecified atom stereocenters. The topological polar surface area (TPSA) is 63.4 Å². The highest BCUT2D eigenvalue weighted by Crippen LogP contribution is 2.34. The van der Waals surface area contributed by atoms with E-state index in [4.69, 9.17) is 17.3 Å². The molecule has 1 aromatic heterocycles. The summed E-state index contributed by atoms with van der Waals surface area (Å²) < 4.78 is 0.582. The molecule has 34 heavy (non-hydrogen) atoms. The van der Waals surface area contributed by atoms with E-state index >= 15 is 0 Å². The molecule has 3 aromatic rings. The third-order valence-electron chi connectivity index (χ3n) is 6.75. The van der Waals surface area contributed by atoms with Gasteiger partial charge in [-0.05, 0) is 60.0 Å². The number of thiophene rings is 1. The van der Waals surface area contributed by atoms with Gasteiger partial charge in [0.25, 0.3) is 0 Å². The normalized spacial score (nSPS) is 16.6. The van der Waals surface area contributed by atoms with Crippen molar-refractivity contribution in [2.45, 2.75) is 39.0 Å². The van der Waals surface area contributed by atoms with Gasteiger partial charge in [-0.25, -0.2) is 0 Å². The Morgan fingerprint density at radius 1 is 1.12 bits per heavy atom. The Labute approximate surface area is 210 Å². The van der Waals surface area contributed by atoms with Gasteiger partial charge in [-0.3, -0.25) is 9.59 Å². The number of hydrogen-bond acceptors (Lipinski definition) is 5. The predicted molar refractivity (Wildman–Crippen MR) is 141 cm³/mol. The molecule has 1 aliphatic heterocycles. The van der Waals surface area contributed by atoms with E-state index in [1.807, 2.05) is 26.0 Å². The van der Waals surface area contributed by atoms with Crippen LogP contribution in [-0.2, 0) is 17.6 Å². The number of anilines is 1. The quantitative estimate of drug-likeness (QED) is 0.322. The van der Waals surface area contributed by atoms with E-state index in [0.29, 0.717) is 15.6 Å². The summed E-state index contributed by atoms with van der Waals surface area (Å²) in [5.74, 6) is 0.248. The maximum absolute atomic E-state index is 13.3. The van der Waals surface area contributed by atoms with Gasteiger partial charge in [-0.1, -0.05) is 55.8 Å². The number of Topliss-reactive ketones (excluding diaryl/α,β-unsaturated/α-hetero) is 2. The SMILES string of the molecule is CN1CCc2ccc(CC(=O)C(C)(C)CC(=O)c3ccc(Cl)s3)cc2C(c2ccc(N)cc2)C1. The zero-order valence-corrected chi connectivity index (χ0v) is 21.5. The second-order valence-corrected chi connectivity index (χ2v) is 11.7. The summed E-state index contributed by atoms with van der Waals surface area (Å²) in [4.78, 5) is 28.9. The first kappa shape index (κ1) is 24.6. The molecule has 4 nitrogen and oxygen atoms in total. The van der Waals surface area contributed by atoms with Crippen LogP contribution in [0.3, 0.4) is 0 Å². The summed E-state index contributed by atoms with van der Waals surface area (Å²) in [5.41, 5.74) is 10.8. The average molecular weight is 495 g/mol. The van der Waals surface area contributed by atoms with Crippen molar-refractivity contribution in [3.05, 3.63) is 86.1 Å². The van der Waals surface area contributed by atoms with Crippen molar-refractivity contribution in [3.63, 3.8) is 0 Å². The second kappa shape index (κ2) is 10.0. The van der Waals surface area contributed by atoms with Gasteiger partial charge in [0.05, 0.1) is 9.21 Å². The molecule has 0 saturated carbocycles. The summed E-state index contributed by atoms with van der Waals surface area (Å²) in [6.07, 6.45) is 1.46. The molecular weight excluding hydrogens is 464 g/mol. The van der Waals surface area contributed by atoms with Crippen LogP contribution >= 0.6 is 22.9 Å². The van der Waals surface area contributed by atoms with Crippen LogP contribution in [0.2, 0.25) is 4.34 Å². The Bertz CT molecular complexity index is 1200. The standard InChI is InChI=1S/C28H31ClN2O2S/c1-28(2,16-24(32)25-10-11-27(29)34-25)26(33)15-18-4-5-20-12-13-31(3)17-23(22(20)14-18)19-6-8-21(30)9-7-19/h4-11,14,23H,12-13,15-17,30H2,1-3H3. The lowest BCUT2D eigenvalue weighted by atomic mass is 9.79. The second-order valence-electron chi connectivity index (χ2n) is 9.95. The minimum atomic E-state index is -0.753. The number of nitrogen functional groups attached to an aromatic ring is 1. The number of fused-ring (bicyclic) bond motifs is 1. The molecule has 6 heteroatoms. The molecule has 0 aliphatic carbocycles. The van der Waals surface area contributed by atoms with Crippen LogP contribution in [0.5, 0.6) is 0 Å². The highest BCUT2D eigenvalue weighted by molar-refractivity contribution is 7.18. The van der Waals surface area contributed by atoms with E-state index < -0.39 is 5.41 Å². The Hall–Kier alpha value is -2.47. The number of halogens is 1. The number of carbonyl (C=O) groups excluding carboxylic acids is 2. The Kier molecular flexibility index (Phi) is 7.27. The van der Waals surface area contributed by atoms with Crippen LogP contribution in [0.15, 0.2) is 54.6 Å². The van der Waals surface area contributed by atoms with Crippen molar-refractivity contribution < 1.29 is 9.59 Å². The monoisotopic (exact) mass is 494 g/mol. The fourth-order valence-corrected chi connectivity index (χ4v) is 5.59. The molecule has 2 N–H and O–H groups in total. The smallest absolute Gasteiger partial charge is 0.173 e. The van der Waals surface area contributed by atoms with E-state index in [2.05, 4.69) is 42.3 Å². The molecule has 0 amide bonds. The van der Waals surface area contributed by atoms with E-state index in [-0.39, 0.29) is 23.9 Å². The molecular formula is C28H31ClN2O2S. The van der Waals surface area contributed by atoms with Gasteiger partial charge in [0, 0.05) is 43.0 Å². The van der Waals surface area contributed by atoms with E-state index in [9.17, 15) is 9.59 Å². The lowest BCUT2D eigenvalue weighted by Gasteiger charge is -2.24. The van der Waals surface area contributed by atoms with Crippen LogP contribution in [0.1, 0.15) is 58.1 Å². The molecule has 0 fully saturated rings. The maximum atomic E-state index is 13.3. The number of ketones is 2. The fraction of sp³-hybridized carbons (Fsp3) is 0.357. The van der Waals surface area contributed by atoms with Gasteiger partial charge in [0.1, 0.15) is 5.78 Å². The van der Waals surface area contributed by atoms with Crippen LogP contribution in [0.25, 0.3) is 0 Å². The van der Waals surface area contributed by atoms with E-state index in [1.165, 1.54) is 28.0 Å². The van der Waals surface area contributed by atoms with Gasteiger partial charge in [0.15, 0.2) is 5.78 Å². The maximum Gasteiger partial charge on any atom is 0.173 e. The van der Waals surface area contributed by atoms with E-state index in [0.717, 1.165) is 30.8 Å². The van der Waals surface area contributed by atoms with Crippen molar-refractivity contribution >= 4 is 40.2 Å². The van der Waals surface area contributed by atoms with Crippen LogP contribution in [-0.4, -0.2) is 36.6 Å². The number of rotatable bonds is 7. The Morgan fingerprint density at radius 3 is 2.53 bits per heavy atom. The summed E-state index contributed by atoms with van der Waals surface area (Å²) >= 11 is 7.24. The number of carbonyl (C=O) groups is 2. The largest absolute Gasteiger partial charge is 0.399 e. The molecule has 2 aromatic carbocycles. The van der Waals surface area contributed by atoms with Crippen molar-refractivity contribution in [2.75, 3.05) is 25.9 Å². The third kappa shape index (κ3) is 5.60. The summed E-state index contributed by atoms with van der Waals surface area (Å²) in [5, 5.41) is 0. The molecule has 0 saturated heterocycles. The van der Waals surface area contributed by atoms with Crippen molar-refractivity contribution in [2.24, 2.45) is 5.41 Å².